The number of hydrogen-bond donors (Lipinski definition) is 1. The maximum Gasteiger partial charge on any atom is 0.241 e. The Balaban J connectivity index is 3.28. The molecular weight excluding hydrogens is 240 g/mol. The van der Waals surface area contributed by atoms with Crippen molar-refractivity contribution in [1.29, 1.82) is 0 Å². The maximum atomic E-state index is 11.8. The molecule has 0 aliphatic heterocycles. The van der Waals surface area contributed by atoms with Gasteiger partial charge in [0.25, 0.3) is 0 Å². The Morgan fingerprint density at radius 1 is 1.35 bits per heavy atom. The fourth-order valence-corrected chi connectivity index (χ4v) is 2.88. The quantitative estimate of drug-likeness (QED) is 0.842. The maximum absolute atomic E-state index is 11.8. The van der Waals surface area contributed by atoms with Gasteiger partial charge in [-0.25, -0.2) is 8.42 Å². The van der Waals surface area contributed by atoms with Crippen molar-refractivity contribution >= 4 is 21.6 Å². The van der Waals surface area contributed by atoms with Gasteiger partial charge in [-0.2, -0.15) is 0 Å². The summed E-state index contributed by atoms with van der Waals surface area (Å²) >= 11 is 0. The number of sulfonamides is 1. The van der Waals surface area contributed by atoms with E-state index in [-0.39, 0.29) is 0 Å². The zero-order valence-corrected chi connectivity index (χ0v) is 10.6. The molecule has 0 aliphatic carbocycles. The molecule has 1 aromatic rings. The van der Waals surface area contributed by atoms with Gasteiger partial charge in [0.1, 0.15) is 6.04 Å². The van der Waals surface area contributed by atoms with Gasteiger partial charge in [0.15, 0.2) is 0 Å². The third kappa shape index (κ3) is 3.20. The summed E-state index contributed by atoms with van der Waals surface area (Å²) in [6.07, 6.45) is 1.39. The second kappa shape index (κ2) is 5.18. The van der Waals surface area contributed by atoms with Crippen LogP contribution in [0.25, 0.3) is 0 Å². The number of nitrogens with two attached hydrogens (primary N) is 1. The van der Waals surface area contributed by atoms with Crippen LogP contribution in [0.15, 0.2) is 30.3 Å². The fraction of sp³-hybridized carbons (Fsp3) is 0.364. The van der Waals surface area contributed by atoms with Crippen molar-refractivity contribution in [2.45, 2.75) is 19.4 Å². The summed E-state index contributed by atoms with van der Waals surface area (Å²) < 4.78 is 24.6. The SMILES string of the molecule is CC[C@H](C(N)=O)N(c1ccccc1)S(C)(=O)=O. The standard InChI is InChI=1S/C11H16N2O3S/c1-3-10(11(12)14)13(17(2,15)16)9-7-5-4-6-8-9/h4-8,10H,3H2,1-2H3,(H2,12,14)/t10-/m1/s1. The predicted octanol–water partition coefficient (Wildman–Crippen LogP) is 0.717. The molecule has 17 heavy (non-hydrogen) atoms. The van der Waals surface area contributed by atoms with E-state index in [1.165, 1.54) is 0 Å². The van der Waals surface area contributed by atoms with Crippen molar-refractivity contribution < 1.29 is 13.2 Å². The molecule has 1 amide bonds. The summed E-state index contributed by atoms with van der Waals surface area (Å²) in [6, 6.07) is 7.60. The van der Waals surface area contributed by atoms with Crippen LogP contribution in [0, 0.1) is 0 Å². The van der Waals surface area contributed by atoms with E-state index in [1.807, 2.05) is 0 Å². The van der Waals surface area contributed by atoms with Gasteiger partial charge < -0.3 is 5.73 Å². The lowest BCUT2D eigenvalue weighted by molar-refractivity contribution is -0.119. The van der Waals surface area contributed by atoms with Gasteiger partial charge in [0.2, 0.25) is 15.9 Å². The van der Waals surface area contributed by atoms with E-state index < -0.39 is 22.0 Å². The molecule has 6 heteroatoms. The highest BCUT2D eigenvalue weighted by Gasteiger charge is 2.29. The number of hydrogen-bond acceptors (Lipinski definition) is 3. The highest BCUT2D eigenvalue weighted by atomic mass is 32.2. The zero-order valence-electron chi connectivity index (χ0n) is 9.83. The first-order chi connectivity index (χ1) is 7.88. The Bertz CT molecular complexity index is 485. The van der Waals surface area contributed by atoms with Gasteiger partial charge in [-0.1, -0.05) is 25.1 Å². The molecule has 0 radical (unpaired) electrons. The van der Waals surface area contributed by atoms with Crippen LogP contribution in [0.1, 0.15) is 13.3 Å². The zero-order chi connectivity index (χ0) is 13.1. The number of nitrogens with zero attached hydrogens (tertiary/aromatic N) is 1. The first kappa shape index (κ1) is 13.5. The highest BCUT2D eigenvalue weighted by molar-refractivity contribution is 7.92. The molecule has 94 valence electrons. The van der Waals surface area contributed by atoms with Crippen LogP contribution in [0.2, 0.25) is 0 Å². The van der Waals surface area contributed by atoms with Gasteiger partial charge in [-0.3, -0.25) is 9.10 Å². The van der Waals surface area contributed by atoms with E-state index in [9.17, 15) is 13.2 Å². The van der Waals surface area contributed by atoms with Gasteiger partial charge in [-0.15, -0.1) is 0 Å². The average molecular weight is 256 g/mol. The van der Waals surface area contributed by atoms with Crippen molar-refractivity contribution in [3.63, 3.8) is 0 Å². The summed E-state index contributed by atoms with van der Waals surface area (Å²) in [5.41, 5.74) is 5.68. The number of benzene rings is 1. The van der Waals surface area contributed by atoms with Crippen molar-refractivity contribution in [2.75, 3.05) is 10.6 Å². The monoisotopic (exact) mass is 256 g/mol. The van der Waals surface area contributed by atoms with Crippen LogP contribution in [0.4, 0.5) is 5.69 Å². The largest absolute Gasteiger partial charge is 0.368 e. The minimum atomic E-state index is -3.54. The molecule has 2 N–H and O–H groups in total. The Labute approximate surface area is 101 Å². The van der Waals surface area contributed by atoms with Gasteiger partial charge in [-0.05, 0) is 18.6 Å². The Hall–Kier alpha value is -1.56. The first-order valence-electron chi connectivity index (χ1n) is 5.21. The molecule has 0 aliphatic rings. The van der Waals surface area contributed by atoms with E-state index in [0.717, 1.165) is 10.6 Å². The van der Waals surface area contributed by atoms with Crippen molar-refractivity contribution in [3.05, 3.63) is 30.3 Å². The van der Waals surface area contributed by atoms with Crippen LogP contribution < -0.4 is 10.0 Å². The van der Waals surface area contributed by atoms with E-state index in [0.29, 0.717) is 12.1 Å². The molecule has 0 heterocycles. The van der Waals surface area contributed by atoms with Crippen LogP contribution >= 0.6 is 0 Å². The lowest BCUT2D eigenvalue weighted by atomic mass is 10.2. The second-order valence-electron chi connectivity index (χ2n) is 3.72. The van der Waals surface area contributed by atoms with Crippen molar-refractivity contribution in [1.82, 2.24) is 0 Å². The number of primary amides is 1. The molecular formula is C11H16N2O3S. The molecule has 5 nitrogen and oxygen atoms in total. The summed E-state index contributed by atoms with van der Waals surface area (Å²) in [6.45, 7) is 1.72. The lowest BCUT2D eigenvalue weighted by Gasteiger charge is -2.28. The van der Waals surface area contributed by atoms with Gasteiger partial charge in [0.05, 0.1) is 11.9 Å². The van der Waals surface area contributed by atoms with Crippen LogP contribution in [0.5, 0.6) is 0 Å². The smallest absolute Gasteiger partial charge is 0.241 e. The average Bonchev–Trinajstić information content (AvgIpc) is 2.24. The third-order valence-corrected chi connectivity index (χ3v) is 3.55. The van der Waals surface area contributed by atoms with Crippen LogP contribution in [-0.4, -0.2) is 26.6 Å². The topological polar surface area (TPSA) is 80.5 Å². The fourth-order valence-electron chi connectivity index (χ4n) is 1.66. The molecule has 0 aromatic heterocycles. The summed E-state index contributed by atoms with van der Waals surface area (Å²) in [5.74, 6) is -0.651. The molecule has 0 saturated heterocycles. The minimum Gasteiger partial charge on any atom is -0.368 e. The molecule has 0 unspecified atom stereocenters. The highest BCUT2D eigenvalue weighted by Crippen LogP contribution is 2.21. The summed E-state index contributed by atoms with van der Waals surface area (Å²) in [4.78, 5) is 11.3. The Kier molecular flexibility index (Phi) is 4.11. The molecule has 0 saturated carbocycles. The molecule has 1 aromatic carbocycles. The second-order valence-corrected chi connectivity index (χ2v) is 5.58. The normalized spacial score (nSPS) is 13.1. The summed E-state index contributed by atoms with van der Waals surface area (Å²) in [7, 11) is -3.54. The van der Waals surface area contributed by atoms with Crippen LogP contribution in [-0.2, 0) is 14.8 Å². The van der Waals surface area contributed by atoms with E-state index in [4.69, 9.17) is 5.73 Å². The predicted molar refractivity (Wildman–Crippen MR) is 67.0 cm³/mol. The van der Waals surface area contributed by atoms with Gasteiger partial charge in [0, 0.05) is 0 Å². The van der Waals surface area contributed by atoms with E-state index in [2.05, 4.69) is 0 Å². The van der Waals surface area contributed by atoms with Crippen molar-refractivity contribution in [3.8, 4) is 0 Å². The number of carbonyl (C=O) groups excluding carboxylic acids is 1. The molecule has 1 atom stereocenters. The van der Waals surface area contributed by atoms with Crippen LogP contribution in [0.3, 0.4) is 0 Å². The number of para-hydroxylation sites is 1. The lowest BCUT2D eigenvalue weighted by Crippen LogP contribution is -2.47. The third-order valence-electron chi connectivity index (χ3n) is 2.37. The van der Waals surface area contributed by atoms with Crippen molar-refractivity contribution in [2.24, 2.45) is 5.73 Å². The molecule has 0 bridgehead atoms. The minimum absolute atomic E-state index is 0.331. The Morgan fingerprint density at radius 3 is 2.24 bits per heavy atom. The van der Waals surface area contributed by atoms with E-state index >= 15 is 0 Å². The number of amides is 1. The van der Waals surface area contributed by atoms with E-state index in [1.54, 1.807) is 37.3 Å². The van der Waals surface area contributed by atoms with Gasteiger partial charge >= 0.3 is 0 Å². The molecule has 0 spiro atoms. The Morgan fingerprint density at radius 2 is 1.88 bits per heavy atom. The molecule has 1 rings (SSSR count). The first-order valence-corrected chi connectivity index (χ1v) is 7.06. The number of rotatable bonds is 5. The summed E-state index contributed by atoms with van der Waals surface area (Å²) in [5, 5.41) is 0. The number of carbonyl (C=O) groups is 1. The molecule has 0 fully saturated rings. The number of anilines is 1.